The molecule has 0 aliphatic carbocycles. The molecular weight excluding hydrogens is 283 g/mol. The predicted molar refractivity (Wildman–Crippen MR) is 73.6 cm³/mol. The van der Waals surface area contributed by atoms with Crippen molar-refractivity contribution in [3.63, 3.8) is 0 Å². The van der Waals surface area contributed by atoms with Gasteiger partial charge in [0, 0.05) is 20.6 Å². The van der Waals surface area contributed by atoms with Crippen molar-refractivity contribution >= 4 is 11.9 Å². The smallest absolute Gasteiger partial charge is 0.230 e. The van der Waals surface area contributed by atoms with E-state index in [2.05, 4.69) is 20.3 Å². The molecule has 1 N–H and O–H groups in total. The van der Waals surface area contributed by atoms with Crippen LogP contribution < -0.4 is 10.2 Å². The van der Waals surface area contributed by atoms with Crippen LogP contribution in [0.1, 0.15) is 6.92 Å². The van der Waals surface area contributed by atoms with Gasteiger partial charge in [-0.1, -0.05) is 0 Å². The largest absolute Gasteiger partial charge is 0.354 e. The highest BCUT2D eigenvalue weighted by Crippen LogP contribution is 2.25. The second-order valence-corrected chi connectivity index (χ2v) is 4.43. The minimum atomic E-state index is -1.55. The van der Waals surface area contributed by atoms with Gasteiger partial charge < -0.3 is 10.2 Å². The molecule has 0 saturated carbocycles. The minimum Gasteiger partial charge on any atom is -0.354 e. The normalized spacial score (nSPS) is 10.6. The number of anilines is 2. The van der Waals surface area contributed by atoms with Crippen molar-refractivity contribution < 1.29 is 13.2 Å². The summed E-state index contributed by atoms with van der Waals surface area (Å²) < 4.78 is 40.2. The van der Waals surface area contributed by atoms with Crippen LogP contribution in [0, 0.1) is 17.5 Å². The highest BCUT2D eigenvalue weighted by molar-refractivity contribution is 5.59. The molecule has 0 aliphatic heterocycles. The summed E-state index contributed by atoms with van der Waals surface area (Å²) in [6.45, 7) is 2.40. The Bertz CT molecular complexity index is 660. The molecule has 2 rings (SSSR count). The minimum absolute atomic E-state index is 0.0685. The van der Waals surface area contributed by atoms with Crippen molar-refractivity contribution in [1.82, 2.24) is 15.0 Å². The summed E-state index contributed by atoms with van der Waals surface area (Å²) >= 11 is 0. The fraction of sp³-hybridized carbons (Fsp3) is 0.308. The number of nitrogens with one attached hydrogen (secondary N) is 1. The Hall–Kier alpha value is -2.38. The fourth-order valence-corrected chi connectivity index (χ4v) is 1.62. The first-order chi connectivity index (χ1) is 9.93. The van der Waals surface area contributed by atoms with E-state index in [0.717, 1.165) is 12.1 Å². The lowest BCUT2D eigenvalue weighted by molar-refractivity contribution is 0.448. The molecule has 112 valence electrons. The van der Waals surface area contributed by atoms with E-state index in [1.807, 2.05) is 6.92 Å². The number of hydrogen-bond acceptors (Lipinski definition) is 5. The zero-order valence-corrected chi connectivity index (χ0v) is 11.8. The second kappa shape index (κ2) is 5.94. The number of rotatable bonds is 4. The molecule has 0 radical (unpaired) electrons. The molecule has 1 aromatic carbocycles. The van der Waals surface area contributed by atoms with Gasteiger partial charge in [0.15, 0.2) is 23.3 Å². The number of benzene rings is 1. The first kappa shape index (κ1) is 15.0. The first-order valence-corrected chi connectivity index (χ1v) is 6.25. The lowest BCUT2D eigenvalue weighted by Gasteiger charge is -2.13. The van der Waals surface area contributed by atoms with Crippen molar-refractivity contribution in [3.05, 3.63) is 29.6 Å². The Kier molecular flexibility index (Phi) is 4.25. The molecule has 0 fully saturated rings. The molecule has 0 atom stereocenters. The number of aromatic nitrogens is 3. The lowest BCUT2D eigenvalue weighted by Crippen LogP contribution is -2.16. The summed E-state index contributed by atoms with van der Waals surface area (Å²) in [5.74, 6) is -3.70. The molecule has 1 aromatic heterocycles. The van der Waals surface area contributed by atoms with Crippen molar-refractivity contribution in [2.24, 2.45) is 0 Å². The standard InChI is InChI=1S/C13H14F3N5/c1-4-17-12-18-11(19-13(20-12)21(2)3)7-5-6-8(14)10(16)9(7)15/h5-6H,4H2,1-3H3,(H,17,18,19,20). The average molecular weight is 297 g/mol. The van der Waals surface area contributed by atoms with Gasteiger partial charge in [0.2, 0.25) is 11.9 Å². The first-order valence-electron chi connectivity index (χ1n) is 6.25. The van der Waals surface area contributed by atoms with Gasteiger partial charge >= 0.3 is 0 Å². The van der Waals surface area contributed by atoms with Crippen LogP contribution in [0.25, 0.3) is 11.4 Å². The molecule has 0 unspecified atom stereocenters. The Labute approximate surface area is 119 Å². The topological polar surface area (TPSA) is 53.9 Å². The summed E-state index contributed by atoms with van der Waals surface area (Å²) in [6, 6.07) is 1.93. The van der Waals surface area contributed by atoms with E-state index < -0.39 is 17.5 Å². The SMILES string of the molecule is CCNc1nc(-c2ccc(F)c(F)c2F)nc(N(C)C)n1. The van der Waals surface area contributed by atoms with E-state index in [-0.39, 0.29) is 23.3 Å². The third-order valence-electron chi connectivity index (χ3n) is 2.63. The quantitative estimate of drug-likeness (QED) is 0.879. The molecule has 0 bridgehead atoms. The molecule has 0 aliphatic rings. The van der Waals surface area contributed by atoms with E-state index in [1.165, 1.54) is 0 Å². The Balaban J connectivity index is 2.60. The van der Waals surface area contributed by atoms with Crippen LogP contribution in [0.3, 0.4) is 0 Å². The van der Waals surface area contributed by atoms with Gasteiger partial charge in [-0.05, 0) is 19.1 Å². The summed E-state index contributed by atoms with van der Waals surface area (Å²) in [5.41, 5.74) is -0.224. The van der Waals surface area contributed by atoms with Crippen molar-refractivity contribution in [1.29, 1.82) is 0 Å². The summed E-state index contributed by atoms with van der Waals surface area (Å²) in [5, 5.41) is 2.88. The maximum atomic E-state index is 13.8. The average Bonchev–Trinajstić information content (AvgIpc) is 2.45. The van der Waals surface area contributed by atoms with E-state index in [0.29, 0.717) is 6.54 Å². The van der Waals surface area contributed by atoms with Crippen LogP contribution in [-0.2, 0) is 0 Å². The van der Waals surface area contributed by atoms with E-state index in [1.54, 1.807) is 19.0 Å². The zero-order chi connectivity index (χ0) is 15.6. The number of halogens is 3. The molecule has 0 amide bonds. The molecule has 0 saturated heterocycles. The van der Waals surface area contributed by atoms with Crippen LogP contribution in [0.15, 0.2) is 12.1 Å². The van der Waals surface area contributed by atoms with Crippen LogP contribution >= 0.6 is 0 Å². The summed E-state index contributed by atoms with van der Waals surface area (Å²) in [7, 11) is 3.41. The van der Waals surface area contributed by atoms with Crippen LogP contribution in [-0.4, -0.2) is 35.6 Å². The maximum absolute atomic E-state index is 13.8. The molecule has 1 heterocycles. The van der Waals surface area contributed by atoms with Gasteiger partial charge in [-0.3, -0.25) is 0 Å². The lowest BCUT2D eigenvalue weighted by atomic mass is 10.2. The van der Waals surface area contributed by atoms with E-state index in [4.69, 9.17) is 0 Å². The van der Waals surface area contributed by atoms with Gasteiger partial charge in [0.1, 0.15) is 0 Å². The van der Waals surface area contributed by atoms with Crippen LogP contribution in [0.4, 0.5) is 25.1 Å². The highest BCUT2D eigenvalue weighted by atomic mass is 19.2. The van der Waals surface area contributed by atoms with Crippen LogP contribution in [0.2, 0.25) is 0 Å². The van der Waals surface area contributed by atoms with E-state index >= 15 is 0 Å². The number of nitrogens with zero attached hydrogens (tertiary/aromatic N) is 4. The van der Waals surface area contributed by atoms with Gasteiger partial charge in [0.25, 0.3) is 0 Å². The Morgan fingerprint density at radius 3 is 2.38 bits per heavy atom. The number of hydrogen-bond donors (Lipinski definition) is 1. The van der Waals surface area contributed by atoms with Gasteiger partial charge in [-0.2, -0.15) is 15.0 Å². The van der Waals surface area contributed by atoms with Crippen molar-refractivity contribution in [2.45, 2.75) is 6.92 Å². The zero-order valence-electron chi connectivity index (χ0n) is 11.8. The maximum Gasteiger partial charge on any atom is 0.230 e. The predicted octanol–water partition coefficient (Wildman–Crippen LogP) is 2.45. The monoisotopic (exact) mass is 297 g/mol. The van der Waals surface area contributed by atoms with Crippen molar-refractivity contribution in [3.8, 4) is 11.4 Å². The van der Waals surface area contributed by atoms with Crippen molar-refractivity contribution in [2.75, 3.05) is 30.9 Å². The molecule has 2 aromatic rings. The fourth-order valence-electron chi connectivity index (χ4n) is 1.62. The highest BCUT2D eigenvalue weighted by Gasteiger charge is 2.18. The summed E-state index contributed by atoms with van der Waals surface area (Å²) in [6.07, 6.45) is 0. The molecule has 21 heavy (non-hydrogen) atoms. The molecule has 8 heteroatoms. The Morgan fingerprint density at radius 1 is 1.05 bits per heavy atom. The molecule has 0 spiro atoms. The second-order valence-electron chi connectivity index (χ2n) is 4.43. The van der Waals surface area contributed by atoms with Gasteiger partial charge in [-0.15, -0.1) is 0 Å². The van der Waals surface area contributed by atoms with E-state index in [9.17, 15) is 13.2 Å². The van der Waals surface area contributed by atoms with Crippen LogP contribution in [0.5, 0.6) is 0 Å². The molecule has 5 nitrogen and oxygen atoms in total. The third-order valence-corrected chi connectivity index (χ3v) is 2.63. The van der Waals surface area contributed by atoms with Gasteiger partial charge in [0.05, 0.1) is 5.56 Å². The summed E-state index contributed by atoms with van der Waals surface area (Å²) in [4.78, 5) is 13.8. The third kappa shape index (κ3) is 3.04. The van der Waals surface area contributed by atoms with Gasteiger partial charge in [-0.25, -0.2) is 13.2 Å². The molecular formula is C13H14F3N5. The Morgan fingerprint density at radius 2 is 1.76 bits per heavy atom.